The van der Waals surface area contributed by atoms with Gasteiger partial charge in [-0.3, -0.25) is 4.79 Å². The van der Waals surface area contributed by atoms with Crippen LogP contribution in [0.5, 0.6) is 5.75 Å². The number of rotatable bonds is 8. The van der Waals surface area contributed by atoms with E-state index in [0.717, 1.165) is 0 Å². The fourth-order valence-corrected chi connectivity index (χ4v) is 4.70. The van der Waals surface area contributed by atoms with Gasteiger partial charge in [0.05, 0.1) is 18.1 Å². The van der Waals surface area contributed by atoms with Crippen LogP contribution < -0.4 is 4.74 Å². The molecule has 2 heterocycles. The number of furan rings is 1. The lowest BCUT2D eigenvalue weighted by molar-refractivity contribution is 0.0793. The third-order valence-corrected chi connectivity index (χ3v) is 6.61. The van der Waals surface area contributed by atoms with E-state index in [1.54, 1.807) is 48.4 Å². The molecule has 146 valence electrons. The number of carbonyl (C=O) groups is 1. The average Bonchev–Trinajstić information content (AvgIpc) is 3.34. The summed E-state index contributed by atoms with van der Waals surface area (Å²) in [6, 6.07) is 10.1. The molecule has 0 aliphatic carbocycles. The van der Waals surface area contributed by atoms with Crippen molar-refractivity contribution in [2.45, 2.75) is 17.4 Å². The van der Waals surface area contributed by atoms with Gasteiger partial charge in [0.2, 0.25) is 0 Å². The topological polar surface area (TPSA) is 86.0 Å². The molecule has 0 N–H and O–H groups in total. The number of ether oxygens (including phenoxy) is 2. The van der Waals surface area contributed by atoms with Gasteiger partial charge in [0.15, 0.2) is 9.84 Å². The summed E-state index contributed by atoms with van der Waals surface area (Å²) in [4.78, 5) is 14.2. The van der Waals surface area contributed by atoms with Crippen molar-refractivity contribution < 1.29 is 27.1 Å². The fraction of sp³-hybridized carbons (Fsp3) is 0.421. The van der Waals surface area contributed by atoms with Crippen LogP contribution in [-0.4, -0.2) is 57.9 Å². The summed E-state index contributed by atoms with van der Waals surface area (Å²) in [5.41, 5.74) is 0.512. The smallest absolute Gasteiger partial charge is 0.253 e. The molecule has 0 radical (unpaired) electrons. The van der Waals surface area contributed by atoms with E-state index in [1.807, 2.05) is 0 Å². The minimum absolute atomic E-state index is 0.139. The molecule has 0 bridgehead atoms. The molecule has 7 nitrogen and oxygen atoms in total. The van der Waals surface area contributed by atoms with Crippen LogP contribution in [0.2, 0.25) is 0 Å². The zero-order chi connectivity index (χ0) is 19.3. The van der Waals surface area contributed by atoms with Gasteiger partial charge >= 0.3 is 0 Å². The zero-order valence-electron chi connectivity index (χ0n) is 15.2. The van der Waals surface area contributed by atoms with E-state index in [0.29, 0.717) is 43.3 Å². The molecule has 1 fully saturated rings. The number of sulfone groups is 1. The molecule has 1 saturated heterocycles. The summed E-state index contributed by atoms with van der Waals surface area (Å²) in [5.74, 6) is 0.766. The highest BCUT2D eigenvalue weighted by Gasteiger charge is 2.35. The predicted octanol–water partition coefficient (Wildman–Crippen LogP) is 2.13. The Labute approximate surface area is 158 Å². The van der Waals surface area contributed by atoms with Gasteiger partial charge in [0.25, 0.3) is 5.91 Å². The summed E-state index contributed by atoms with van der Waals surface area (Å²) in [7, 11) is -1.77. The van der Waals surface area contributed by atoms with Gasteiger partial charge in [-0.15, -0.1) is 0 Å². The maximum absolute atomic E-state index is 12.7. The fourth-order valence-electron chi connectivity index (χ4n) is 3.04. The number of carbonyl (C=O) groups excluding carboxylic acids is 1. The van der Waals surface area contributed by atoms with E-state index in [2.05, 4.69) is 0 Å². The van der Waals surface area contributed by atoms with E-state index in [9.17, 15) is 13.2 Å². The van der Waals surface area contributed by atoms with Gasteiger partial charge in [-0.2, -0.15) is 0 Å². The van der Waals surface area contributed by atoms with Crippen LogP contribution in [0.3, 0.4) is 0 Å². The molecule has 1 aliphatic rings. The van der Waals surface area contributed by atoms with Crippen molar-refractivity contribution in [1.29, 1.82) is 0 Å². The van der Waals surface area contributed by atoms with Gasteiger partial charge in [0, 0.05) is 25.8 Å². The van der Waals surface area contributed by atoms with Crippen molar-refractivity contribution in [3.8, 4) is 5.75 Å². The molecule has 8 heteroatoms. The molecule has 1 unspecified atom stereocenters. The summed E-state index contributed by atoms with van der Waals surface area (Å²) < 4.78 is 40.6. The number of nitrogens with zero attached hydrogens (tertiary/aromatic N) is 1. The average molecular weight is 393 g/mol. The molecule has 27 heavy (non-hydrogen) atoms. The van der Waals surface area contributed by atoms with Crippen molar-refractivity contribution in [2.24, 2.45) is 0 Å². The predicted molar refractivity (Wildman–Crippen MR) is 99.5 cm³/mol. The van der Waals surface area contributed by atoms with Gasteiger partial charge in [0.1, 0.15) is 23.9 Å². The van der Waals surface area contributed by atoms with Crippen molar-refractivity contribution in [1.82, 2.24) is 4.90 Å². The van der Waals surface area contributed by atoms with Gasteiger partial charge in [-0.05, 0) is 42.8 Å². The number of hydrogen-bond donors (Lipinski definition) is 0. The van der Waals surface area contributed by atoms with Gasteiger partial charge in [-0.25, -0.2) is 8.42 Å². The largest absolute Gasteiger partial charge is 0.491 e. The summed E-state index contributed by atoms with van der Waals surface area (Å²) >= 11 is 0. The lowest BCUT2D eigenvalue weighted by atomic mass is 10.2. The quantitative estimate of drug-likeness (QED) is 0.639. The Morgan fingerprint density at radius 1 is 1.22 bits per heavy atom. The molecule has 2 aromatic rings. The van der Waals surface area contributed by atoms with Crippen molar-refractivity contribution in [3.05, 3.63) is 54.0 Å². The Hall–Kier alpha value is -2.32. The van der Waals surface area contributed by atoms with E-state index in [-0.39, 0.29) is 18.2 Å². The zero-order valence-corrected chi connectivity index (χ0v) is 16.0. The highest BCUT2D eigenvalue weighted by atomic mass is 32.2. The van der Waals surface area contributed by atoms with Crippen LogP contribution in [0, 0.1) is 0 Å². The summed E-state index contributed by atoms with van der Waals surface area (Å²) in [6.07, 6.45) is 1.89. The Kier molecular flexibility index (Phi) is 6.18. The van der Waals surface area contributed by atoms with Crippen molar-refractivity contribution in [2.75, 3.05) is 33.4 Å². The third kappa shape index (κ3) is 4.90. The van der Waals surface area contributed by atoms with Crippen LogP contribution in [0.15, 0.2) is 47.1 Å². The lowest BCUT2D eigenvalue weighted by Crippen LogP contribution is -2.32. The molecule has 0 saturated carbocycles. The number of methoxy groups -OCH3 is 1. The van der Waals surface area contributed by atoms with Crippen molar-refractivity contribution in [3.63, 3.8) is 0 Å². The third-order valence-electron chi connectivity index (χ3n) is 4.52. The first-order chi connectivity index (χ1) is 13.0. The Bertz CT molecular complexity index is 845. The number of amides is 1. The molecule has 1 aromatic heterocycles. The normalized spacial score (nSPS) is 17.2. The summed E-state index contributed by atoms with van der Waals surface area (Å²) in [6.45, 7) is 1.55. The molecular weight excluding hydrogens is 370 g/mol. The van der Waals surface area contributed by atoms with Crippen LogP contribution in [0.4, 0.5) is 0 Å². The molecule has 1 amide bonds. The number of hydrogen-bond acceptors (Lipinski definition) is 6. The summed E-state index contributed by atoms with van der Waals surface area (Å²) in [5, 5.41) is -0.566. The standard InChI is InChI=1S/C19H23NO6S/c1-24-11-12-26-16-6-4-15(5-7-16)19(21)20-9-8-18(13-20)27(22,23)14-17-3-2-10-25-17/h2-7,10,18H,8-9,11-14H2,1H3. The maximum Gasteiger partial charge on any atom is 0.253 e. The molecule has 1 aromatic carbocycles. The first-order valence-corrected chi connectivity index (χ1v) is 10.5. The minimum Gasteiger partial charge on any atom is -0.491 e. The molecular formula is C19H23NO6S. The molecule has 3 rings (SSSR count). The molecule has 0 spiro atoms. The first-order valence-electron chi connectivity index (χ1n) is 8.74. The van der Waals surface area contributed by atoms with Crippen LogP contribution in [0.25, 0.3) is 0 Å². The second-order valence-corrected chi connectivity index (χ2v) is 8.70. The van der Waals surface area contributed by atoms with Crippen molar-refractivity contribution >= 4 is 15.7 Å². The van der Waals surface area contributed by atoms with Gasteiger partial charge < -0.3 is 18.8 Å². The minimum atomic E-state index is -3.37. The van der Waals surface area contributed by atoms with E-state index >= 15 is 0 Å². The second kappa shape index (κ2) is 8.58. The SMILES string of the molecule is COCCOc1ccc(C(=O)N2CCC(S(=O)(=O)Cc3ccco3)C2)cc1. The highest BCUT2D eigenvalue weighted by Crippen LogP contribution is 2.23. The Balaban J connectivity index is 1.58. The Morgan fingerprint density at radius 3 is 2.67 bits per heavy atom. The number of benzene rings is 1. The van der Waals surface area contributed by atoms with E-state index in [4.69, 9.17) is 13.9 Å². The van der Waals surface area contributed by atoms with E-state index in [1.165, 1.54) is 6.26 Å². The Morgan fingerprint density at radius 2 is 2.00 bits per heavy atom. The highest BCUT2D eigenvalue weighted by molar-refractivity contribution is 7.91. The maximum atomic E-state index is 12.7. The number of likely N-dealkylation sites (tertiary alicyclic amines) is 1. The monoisotopic (exact) mass is 393 g/mol. The van der Waals surface area contributed by atoms with Crippen LogP contribution >= 0.6 is 0 Å². The van der Waals surface area contributed by atoms with Crippen LogP contribution in [0.1, 0.15) is 22.5 Å². The molecule has 1 aliphatic heterocycles. The van der Waals surface area contributed by atoms with Crippen LogP contribution in [-0.2, 0) is 20.3 Å². The first kappa shape index (κ1) is 19.4. The van der Waals surface area contributed by atoms with Gasteiger partial charge in [-0.1, -0.05) is 0 Å². The second-order valence-electron chi connectivity index (χ2n) is 6.41. The molecule has 1 atom stereocenters. The van der Waals surface area contributed by atoms with E-state index < -0.39 is 15.1 Å². The lowest BCUT2D eigenvalue weighted by Gasteiger charge is -2.17.